The summed E-state index contributed by atoms with van der Waals surface area (Å²) in [5.41, 5.74) is 1.27. The Kier molecular flexibility index (Phi) is 3.08. The second-order valence-electron chi connectivity index (χ2n) is 5.46. The number of carbonyl (C=O) groups excluding carboxylic acids is 1. The van der Waals surface area contributed by atoms with Gasteiger partial charge in [0.2, 0.25) is 5.91 Å². The van der Waals surface area contributed by atoms with Crippen molar-refractivity contribution in [3.63, 3.8) is 0 Å². The van der Waals surface area contributed by atoms with Gasteiger partial charge in [-0.2, -0.15) is 0 Å². The molecule has 1 N–H and O–H groups in total. The fraction of sp³-hybridized carbons (Fsp3) is 0.533. The molecule has 3 heteroatoms. The van der Waals surface area contributed by atoms with E-state index < -0.39 is 0 Å². The zero-order valence-electron chi connectivity index (χ0n) is 10.5. The molecule has 1 amide bonds. The molecule has 2 aliphatic heterocycles. The summed E-state index contributed by atoms with van der Waals surface area (Å²) >= 11 is 0. The number of rotatable bonds is 1. The van der Waals surface area contributed by atoms with Crippen molar-refractivity contribution in [2.45, 2.75) is 37.1 Å². The molecule has 0 bridgehead atoms. The molecule has 1 aromatic carbocycles. The molecule has 3 nitrogen and oxygen atoms in total. The second kappa shape index (κ2) is 4.73. The standard InChI is InChI=1S/C15H19NO2/c17-14-10-13(12-4-2-1-3-5-12)11-15(16-14)6-8-18-9-7-15/h1-5,13H,6-11H2,(H,16,17). The minimum absolute atomic E-state index is 0.0198. The van der Waals surface area contributed by atoms with Crippen LogP contribution in [0.4, 0.5) is 0 Å². The van der Waals surface area contributed by atoms with Gasteiger partial charge in [-0.05, 0) is 30.7 Å². The van der Waals surface area contributed by atoms with E-state index in [2.05, 4.69) is 29.6 Å². The van der Waals surface area contributed by atoms with Gasteiger partial charge in [-0.3, -0.25) is 4.79 Å². The molecular weight excluding hydrogens is 226 g/mol. The van der Waals surface area contributed by atoms with E-state index in [1.807, 2.05) is 6.07 Å². The van der Waals surface area contributed by atoms with Crippen molar-refractivity contribution in [3.8, 4) is 0 Å². The summed E-state index contributed by atoms with van der Waals surface area (Å²) in [5, 5.41) is 3.21. The van der Waals surface area contributed by atoms with Gasteiger partial charge < -0.3 is 10.1 Å². The molecule has 1 spiro atoms. The van der Waals surface area contributed by atoms with Crippen LogP contribution >= 0.6 is 0 Å². The Labute approximate surface area is 108 Å². The van der Waals surface area contributed by atoms with Crippen molar-refractivity contribution in [2.24, 2.45) is 0 Å². The van der Waals surface area contributed by atoms with E-state index in [1.165, 1.54) is 5.56 Å². The third-order valence-electron chi connectivity index (χ3n) is 4.19. The summed E-state index contributed by atoms with van der Waals surface area (Å²) in [4.78, 5) is 12.0. The van der Waals surface area contributed by atoms with Gasteiger partial charge in [-0.1, -0.05) is 30.3 Å². The van der Waals surface area contributed by atoms with Gasteiger partial charge in [0.25, 0.3) is 0 Å². The lowest BCUT2D eigenvalue weighted by Gasteiger charge is -2.44. The first-order chi connectivity index (χ1) is 8.77. The molecule has 2 fully saturated rings. The second-order valence-corrected chi connectivity index (χ2v) is 5.46. The molecule has 2 heterocycles. The third-order valence-corrected chi connectivity index (χ3v) is 4.19. The molecule has 1 unspecified atom stereocenters. The van der Waals surface area contributed by atoms with E-state index in [9.17, 15) is 4.79 Å². The van der Waals surface area contributed by atoms with Crippen molar-refractivity contribution < 1.29 is 9.53 Å². The van der Waals surface area contributed by atoms with Gasteiger partial charge in [-0.25, -0.2) is 0 Å². The van der Waals surface area contributed by atoms with Gasteiger partial charge in [-0.15, -0.1) is 0 Å². The van der Waals surface area contributed by atoms with Gasteiger partial charge in [0.05, 0.1) is 0 Å². The zero-order chi connectivity index (χ0) is 12.4. The Hall–Kier alpha value is -1.35. The average Bonchev–Trinajstić information content (AvgIpc) is 2.40. The molecule has 96 valence electrons. The Morgan fingerprint density at radius 2 is 1.89 bits per heavy atom. The van der Waals surface area contributed by atoms with Crippen LogP contribution in [0.1, 0.15) is 37.2 Å². The predicted molar refractivity (Wildman–Crippen MR) is 69.3 cm³/mol. The van der Waals surface area contributed by atoms with Crippen LogP contribution in [-0.2, 0) is 9.53 Å². The zero-order valence-corrected chi connectivity index (χ0v) is 10.5. The van der Waals surface area contributed by atoms with Crippen molar-refractivity contribution >= 4 is 5.91 Å². The third kappa shape index (κ3) is 2.27. The molecule has 18 heavy (non-hydrogen) atoms. The van der Waals surface area contributed by atoms with Crippen molar-refractivity contribution in [2.75, 3.05) is 13.2 Å². The van der Waals surface area contributed by atoms with Crippen LogP contribution in [0.5, 0.6) is 0 Å². The van der Waals surface area contributed by atoms with Crippen LogP contribution in [0.15, 0.2) is 30.3 Å². The highest BCUT2D eigenvalue weighted by Gasteiger charge is 2.40. The average molecular weight is 245 g/mol. The smallest absolute Gasteiger partial charge is 0.221 e. The van der Waals surface area contributed by atoms with E-state index >= 15 is 0 Å². The van der Waals surface area contributed by atoms with Gasteiger partial charge in [0, 0.05) is 25.2 Å². The fourth-order valence-corrected chi connectivity index (χ4v) is 3.22. The molecule has 0 saturated carbocycles. The maximum Gasteiger partial charge on any atom is 0.221 e. The van der Waals surface area contributed by atoms with E-state index in [0.717, 1.165) is 32.5 Å². The number of hydrogen-bond acceptors (Lipinski definition) is 2. The van der Waals surface area contributed by atoms with Gasteiger partial charge in [0.1, 0.15) is 0 Å². The maximum absolute atomic E-state index is 12.0. The van der Waals surface area contributed by atoms with Crippen LogP contribution in [0.3, 0.4) is 0 Å². The van der Waals surface area contributed by atoms with Crippen LogP contribution in [0.25, 0.3) is 0 Å². The van der Waals surface area contributed by atoms with E-state index in [0.29, 0.717) is 12.3 Å². The SMILES string of the molecule is O=C1CC(c2ccccc2)CC2(CCOCC2)N1. The van der Waals surface area contributed by atoms with E-state index in [4.69, 9.17) is 4.74 Å². The van der Waals surface area contributed by atoms with Crippen LogP contribution in [0.2, 0.25) is 0 Å². The highest BCUT2D eigenvalue weighted by atomic mass is 16.5. The first-order valence-corrected chi connectivity index (χ1v) is 6.71. The largest absolute Gasteiger partial charge is 0.381 e. The maximum atomic E-state index is 12.0. The molecule has 1 aromatic rings. The number of amides is 1. The summed E-state index contributed by atoms with van der Waals surface area (Å²) in [6.07, 6.45) is 3.56. The summed E-state index contributed by atoms with van der Waals surface area (Å²) in [7, 11) is 0. The normalized spacial score (nSPS) is 26.9. The first kappa shape index (κ1) is 11.7. The molecular formula is C15H19NO2. The Bertz CT molecular complexity index is 423. The van der Waals surface area contributed by atoms with E-state index in [1.54, 1.807) is 0 Å². The molecule has 0 aliphatic carbocycles. The molecule has 0 aromatic heterocycles. The Morgan fingerprint density at radius 3 is 2.61 bits per heavy atom. The lowest BCUT2D eigenvalue weighted by Crippen LogP contribution is -2.56. The van der Waals surface area contributed by atoms with Crippen LogP contribution < -0.4 is 5.32 Å². The number of piperidine rings is 1. The number of nitrogens with one attached hydrogen (secondary N) is 1. The topological polar surface area (TPSA) is 38.3 Å². The number of benzene rings is 1. The van der Waals surface area contributed by atoms with Gasteiger partial charge >= 0.3 is 0 Å². The lowest BCUT2D eigenvalue weighted by atomic mass is 9.74. The molecule has 3 rings (SSSR count). The minimum atomic E-state index is -0.0198. The molecule has 1 atom stereocenters. The molecule has 2 aliphatic rings. The van der Waals surface area contributed by atoms with Crippen molar-refractivity contribution in [3.05, 3.63) is 35.9 Å². The number of ether oxygens (including phenoxy) is 1. The summed E-state index contributed by atoms with van der Waals surface area (Å²) < 4.78 is 5.42. The van der Waals surface area contributed by atoms with Crippen LogP contribution in [-0.4, -0.2) is 24.7 Å². The highest BCUT2D eigenvalue weighted by Crippen LogP contribution is 2.38. The Balaban J connectivity index is 1.82. The molecule has 0 radical (unpaired) electrons. The fourth-order valence-electron chi connectivity index (χ4n) is 3.22. The lowest BCUT2D eigenvalue weighted by molar-refractivity contribution is -0.127. The summed E-state index contributed by atoms with van der Waals surface area (Å²) in [6, 6.07) is 10.4. The summed E-state index contributed by atoms with van der Waals surface area (Å²) in [6.45, 7) is 1.53. The predicted octanol–water partition coefficient (Wildman–Crippen LogP) is 2.23. The summed E-state index contributed by atoms with van der Waals surface area (Å²) in [5.74, 6) is 0.551. The minimum Gasteiger partial charge on any atom is -0.381 e. The van der Waals surface area contributed by atoms with Gasteiger partial charge in [0.15, 0.2) is 0 Å². The first-order valence-electron chi connectivity index (χ1n) is 6.71. The Morgan fingerprint density at radius 1 is 1.17 bits per heavy atom. The highest BCUT2D eigenvalue weighted by molar-refractivity contribution is 5.79. The van der Waals surface area contributed by atoms with Crippen molar-refractivity contribution in [1.82, 2.24) is 5.32 Å². The van der Waals surface area contributed by atoms with Crippen molar-refractivity contribution in [1.29, 1.82) is 0 Å². The van der Waals surface area contributed by atoms with E-state index in [-0.39, 0.29) is 11.4 Å². The monoisotopic (exact) mass is 245 g/mol. The number of hydrogen-bond donors (Lipinski definition) is 1. The van der Waals surface area contributed by atoms with Crippen LogP contribution in [0, 0.1) is 0 Å². The quantitative estimate of drug-likeness (QED) is 0.824. The molecule has 2 saturated heterocycles. The number of carbonyl (C=O) groups is 1.